The molecule has 2 heteroatoms. The molecule has 1 aromatic carbocycles. The van der Waals surface area contributed by atoms with E-state index in [9.17, 15) is 0 Å². The Morgan fingerprint density at radius 1 is 1.11 bits per heavy atom. The molecule has 0 radical (unpaired) electrons. The van der Waals surface area contributed by atoms with E-state index in [-0.39, 0.29) is 11.0 Å². The first-order valence-corrected chi connectivity index (χ1v) is 6.62. The van der Waals surface area contributed by atoms with E-state index in [2.05, 4.69) is 71.7 Å². The standard InChI is InChI=1S/C16H28N2/c1-12-8-9-13(15(2,3)4)10-14(12)18(7)11-16(5,6)17/h8-10H,11,17H2,1-7H3. The molecule has 2 N–H and O–H groups in total. The van der Waals surface area contributed by atoms with Crippen molar-refractivity contribution < 1.29 is 0 Å². The number of nitrogens with zero attached hydrogens (tertiary/aromatic N) is 1. The Balaban J connectivity index is 3.08. The third-order valence-corrected chi connectivity index (χ3v) is 3.13. The van der Waals surface area contributed by atoms with E-state index in [0.29, 0.717) is 0 Å². The van der Waals surface area contributed by atoms with Gasteiger partial charge in [0, 0.05) is 24.8 Å². The maximum absolute atomic E-state index is 6.11. The molecule has 0 aromatic heterocycles. The molecule has 0 aliphatic heterocycles. The minimum absolute atomic E-state index is 0.182. The predicted octanol–water partition coefficient (Wildman–Crippen LogP) is 3.47. The van der Waals surface area contributed by atoms with Crippen LogP contribution in [-0.4, -0.2) is 19.1 Å². The highest BCUT2D eigenvalue weighted by atomic mass is 15.1. The molecular weight excluding hydrogens is 220 g/mol. The summed E-state index contributed by atoms with van der Waals surface area (Å²) in [6.45, 7) is 13.9. The van der Waals surface area contributed by atoms with Crippen molar-refractivity contribution in [3.63, 3.8) is 0 Å². The van der Waals surface area contributed by atoms with Crippen LogP contribution in [0.1, 0.15) is 45.7 Å². The Kier molecular flexibility index (Phi) is 4.12. The maximum atomic E-state index is 6.11. The quantitative estimate of drug-likeness (QED) is 0.887. The van der Waals surface area contributed by atoms with Crippen molar-refractivity contribution in [3.05, 3.63) is 29.3 Å². The molecule has 0 atom stereocenters. The number of anilines is 1. The monoisotopic (exact) mass is 248 g/mol. The van der Waals surface area contributed by atoms with E-state index >= 15 is 0 Å². The van der Waals surface area contributed by atoms with Crippen LogP contribution in [0.4, 0.5) is 5.69 Å². The van der Waals surface area contributed by atoms with Gasteiger partial charge in [-0.15, -0.1) is 0 Å². The number of rotatable bonds is 3. The summed E-state index contributed by atoms with van der Waals surface area (Å²) in [7, 11) is 2.11. The van der Waals surface area contributed by atoms with Crippen LogP contribution < -0.4 is 10.6 Å². The second kappa shape index (κ2) is 4.93. The van der Waals surface area contributed by atoms with Crippen LogP contribution in [0.3, 0.4) is 0 Å². The molecule has 1 aromatic rings. The Hall–Kier alpha value is -1.02. The Labute approximate surface area is 112 Å². The van der Waals surface area contributed by atoms with Gasteiger partial charge in [-0.3, -0.25) is 0 Å². The van der Waals surface area contributed by atoms with Gasteiger partial charge in [-0.2, -0.15) is 0 Å². The summed E-state index contributed by atoms with van der Waals surface area (Å²) in [5, 5.41) is 0. The second-order valence-corrected chi connectivity index (χ2v) is 7.10. The first-order valence-electron chi connectivity index (χ1n) is 6.62. The number of aryl methyl sites for hydroxylation is 1. The first-order chi connectivity index (χ1) is 8.00. The third kappa shape index (κ3) is 4.02. The van der Waals surface area contributed by atoms with E-state index in [0.717, 1.165) is 6.54 Å². The van der Waals surface area contributed by atoms with Crippen molar-refractivity contribution >= 4 is 5.69 Å². The lowest BCUT2D eigenvalue weighted by atomic mass is 9.86. The molecule has 18 heavy (non-hydrogen) atoms. The molecule has 0 amide bonds. The van der Waals surface area contributed by atoms with Crippen LogP contribution in [0.25, 0.3) is 0 Å². The van der Waals surface area contributed by atoms with Gasteiger partial charge in [0.2, 0.25) is 0 Å². The van der Waals surface area contributed by atoms with Gasteiger partial charge < -0.3 is 10.6 Å². The average molecular weight is 248 g/mol. The molecule has 0 unspecified atom stereocenters. The van der Waals surface area contributed by atoms with Gasteiger partial charge >= 0.3 is 0 Å². The number of nitrogens with two attached hydrogens (primary N) is 1. The summed E-state index contributed by atoms with van der Waals surface area (Å²) >= 11 is 0. The zero-order valence-electron chi connectivity index (χ0n) is 13.0. The van der Waals surface area contributed by atoms with E-state index in [1.807, 2.05) is 0 Å². The highest BCUT2D eigenvalue weighted by Crippen LogP contribution is 2.28. The molecule has 0 spiro atoms. The van der Waals surface area contributed by atoms with Gasteiger partial charge in [0.25, 0.3) is 0 Å². The molecule has 0 saturated heterocycles. The van der Waals surface area contributed by atoms with Crippen LogP contribution in [-0.2, 0) is 5.41 Å². The van der Waals surface area contributed by atoms with Crippen molar-refractivity contribution in [2.24, 2.45) is 5.73 Å². The van der Waals surface area contributed by atoms with E-state index < -0.39 is 0 Å². The summed E-state index contributed by atoms with van der Waals surface area (Å²) in [4.78, 5) is 2.25. The topological polar surface area (TPSA) is 29.3 Å². The summed E-state index contributed by atoms with van der Waals surface area (Å²) in [6.07, 6.45) is 0. The lowest BCUT2D eigenvalue weighted by Crippen LogP contribution is -2.44. The van der Waals surface area contributed by atoms with Crippen molar-refractivity contribution in [2.75, 3.05) is 18.5 Å². The van der Waals surface area contributed by atoms with E-state index in [1.165, 1.54) is 16.8 Å². The largest absolute Gasteiger partial charge is 0.373 e. The zero-order valence-corrected chi connectivity index (χ0v) is 13.0. The fourth-order valence-electron chi connectivity index (χ4n) is 2.18. The van der Waals surface area contributed by atoms with Crippen molar-refractivity contribution in [1.29, 1.82) is 0 Å². The number of hydrogen-bond donors (Lipinski definition) is 1. The molecule has 0 aliphatic rings. The smallest absolute Gasteiger partial charge is 0.0396 e. The molecule has 0 aliphatic carbocycles. The highest BCUT2D eigenvalue weighted by Gasteiger charge is 2.19. The minimum Gasteiger partial charge on any atom is -0.373 e. The normalized spacial score (nSPS) is 12.7. The molecule has 1 rings (SSSR count). The fraction of sp³-hybridized carbons (Fsp3) is 0.625. The van der Waals surface area contributed by atoms with Crippen LogP contribution in [0.2, 0.25) is 0 Å². The maximum Gasteiger partial charge on any atom is 0.0396 e. The summed E-state index contributed by atoms with van der Waals surface area (Å²) in [5.41, 5.74) is 10.1. The Morgan fingerprint density at radius 3 is 2.11 bits per heavy atom. The van der Waals surface area contributed by atoms with Gasteiger partial charge in [-0.1, -0.05) is 32.9 Å². The van der Waals surface area contributed by atoms with Gasteiger partial charge in [0.05, 0.1) is 0 Å². The molecule has 0 saturated carbocycles. The van der Waals surface area contributed by atoms with E-state index in [1.54, 1.807) is 0 Å². The zero-order chi connectivity index (χ0) is 14.1. The van der Waals surface area contributed by atoms with Gasteiger partial charge in [0.15, 0.2) is 0 Å². The number of hydrogen-bond acceptors (Lipinski definition) is 2. The molecule has 0 fully saturated rings. The van der Waals surface area contributed by atoms with Crippen LogP contribution in [0, 0.1) is 6.92 Å². The summed E-state index contributed by atoms with van der Waals surface area (Å²) in [6, 6.07) is 6.72. The summed E-state index contributed by atoms with van der Waals surface area (Å²) in [5.74, 6) is 0. The lowest BCUT2D eigenvalue weighted by molar-refractivity contribution is 0.518. The number of benzene rings is 1. The Morgan fingerprint density at radius 2 is 1.67 bits per heavy atom. The average Bonchev–Trinajstić information content (AvgIpc) is 2.13. The van der Waals surface area contributed by atoms with Crippen LogP contribution >= 0.6 is 0 Å². The van der Waals surface area contributed by atoms with Gasteiger partial charge in [-0.05, 0) is 43.4 Å². The molecule has 0 heterocycles. The van der Waals surface area contributed by atoms with Crippen molar-refractivity contribution in [1.82, 2.24) is 0 Å². The van der Waals surface area contributed by atoms with Gasteiger partial charge in [-0.25, -0.2) is 0 Å². The fourth-order valence-corrected chi connectivity index (χ4v) is 2.18. The number of likely N-dealkylation sites (N-methyl/N-ethyl adjacent to an activating group) is 1. The minimum atomic E-state index is -0.182. The molecule has 0 bridgehead atoms. The van der Waals surface area contributed by atoms with Crippen molar-refractivity contribution in [3.8, 4) is 0 Å². The third-order valence-electron chi connectivity index (χ3n) is 3.13. The molecule has 102 valence electrons. The van der Waals surface area contributed by atoms with Crippen molar-refractivity contribution in [2.45, 2.75) is 52.5 Å². The van der Waals surface area contributed by atoms with Crippen LogP contribution in [0.5, 0.6) is 0 Å². The Bertz CT molecular complexity index is 408. The summed E-state index contributed by atoms with van der Waals surface area (Å²) < 4.78 is 0. The van der Waals surface area contributed by atoms with Gasteiger partial charge in [0.1, 0.15) is 0 Å². The van der Waals surface area contributed by atoms with E-state index in [4.69, 9.17) is 5.73 Å². The predicted molar refractivity (Wildman–Crippen MR) is 81.4 cm³/mol. The highest BCUT2D eigenvalue weighted by molar-refractivity contribution is 5.55. The first kappa shape index (κ1) is 15.0. The molecular formula is C16H28N2. The second-order valence-electron chi connectivity index (χ2n) is 7.10. The lowest BCUT2D eigenvalue weighted by Gasteiger charge is -2.31. The SMILES string of the molecule is Cc1ccc(C(C)(C)C)cc1N(C)CC(C)(C)N. The molecule has 2 nitrogen and oxygen atoms in total. The van der Waals surface area contributed by atoms with Crippen LogP contribution in [0.15, 0.2) is 18.2 Å².